The summed E-state index contributed by atoms with van der Waals surface area (Å²) >= 11 is 0. The van der Waals surface area contributed by atoms with Crippen molar-refractivity contribution in [2.75, 3.05) is 17.6 Å². The summed E-state index contributed by atoms with van der Waals surface area (Å²) in [5, 5.41) is 16.2. The zero-order valence-electron chi connectivity index (χ0n) is 9.30. The van der Waals surface area contributed by atoms with Crippen molar-refractivity contribution in [2.45, 2.75) is 6.54 Å². The Morgan fingerprint density at radius 3 is 3.06 bits per heavy atom. The van der Waals surface area contributed by atoms with Crippen LogP contribution in [0, 0.1) is 11.3 Å². The van der Waals surface area contributed by atoms with Crippen LogP contribution >= 0.6 is 0 Å². The Morgan fingerprint density at radius 2 is 2.35 bits per heavy atom. The van der Waals surface area contributed by atoms with Gasteiger partial charge in [-0.05, 0) is 24.3 Å². The average molecular weight is 227 g/mol. The molecular formula is C12H13N5. The Kier molecular flexibility index (Phi) is 3.26. The number of nitrogen functional groups attached to an aromatic ring is 1. The molecule has 0 spiro atoms. The van der Waals surface area contributed by atoms with E-state index in [2.05, 4.69) is 16.5 Å². The van der Waals surface area contributed by atoms with Crippen LogP contribution in [-0.2, 0) is 6.54 Å². The molecule has 5 nitrogen and oxygen atoms in total. The maximum atomic E-state index is 8.96. The molecular weight excluding hydrogens is 214 g/mol. The standard InChI is InChI=1S/C12H13N5/c13-9-10-8-11(14)2-3-12(10)15-5-7-17-6-1-4-16-17/h1-4,6,8,15H,5,7,14H2. The van der Waals surface area contributed by atoms with Crippen molar-refractivity contribution in [3.63, 3.8) is 0 Å². The molecule has 0 aliphatic carbocycles. The van der Waals surface area contributed by atoms with Crippen LogP contribution in [0.3, 0.4) is 0 Å². The average Bonchev–Trinajstić information content (AvgIpc) is 2.84. The molecule has 0 bridgehead atoms. The Hall–Kier alpha value is -2.48. The van der Waals surface area contributed by atoms with Crippen LogP contribution in [-0.4, -0.2) is 16.3 Å². The molecule has 17 heavy (non-hydrogen) atoms. The van der Waals surface area contributed by atoms with Crippen molar-refractivity contribution in [3.05, 3.63) is 42.2 Å². The lowest BCUT2D eigenvalue weighted by Gasteiger charge is -2.08. The fourth-order valence-corrected chi connectivity index (χ4v) is 1.55. The van der Waals surface area contributed by atoms with Crippen molar-refractivity contribution in [1.82, 2.24) is 9.78 Å². The third-order valence-corrected chi connectivity index (χ3v) is 2.38. The van der Waals surface area contributed by atoms with Crippen LogP contribution in [0.4, 0.5) is 11.4 Å². The van der Waals surface area contributed by atoms with Crippen molar-refractivity contribution >= 4 is 11.4 Å². The summed E-state index contributed by atoms with van der Waals surface area (Å²) in [6, 6.07) is 9.25. The highest BCUT2D eigenvalue weighted by Crippen LogP contribution is 2.17. The molecule has 1 aromatic heterocycles. The highest BCUT2D eigenvalue weighted by atomic mass is 15.3. The monoisotopic (exact) mass is 227 g/mol. The predicted molar refractivity (Wildman–Crippen MR) is 66.3 cm³/mol. The number of hydrogen-bond donors (Lipinski definition) is 2. The summed E-state index contributed by atoms with van der Waals surface area (Å²) in [4.78, 5) is 0. The zero-order chi connectivity index (χ0) is 12.1. The second-order valence-electron chi connectivity index (χ2n) is 3.61. The van der Waals surface area contributed by atoms with E-state index in [9.17, 15) is 0 Å². The van der Waals surface area contributed by atoms with Crippen molar-refractivity contribution in [3.8, 4) is 6.07 Å². The zero-order valence-corrected chi connectivity index (χ0v) is 9.30. The first-order valence-electron chi connectivity index (χ1n) is 5.30. The summed E-state index contributed by atoms with van der Waals surface area (Å²) in [6.45, 7) is 1.46. The molecule has 0 atom stereocenters. The van der Waals surface area contributed by atoms with E-state index in [1.54, 1.807) is 18.3 Å². The van der Waals surface area contributed by atoms with Crippen LogP contribution in [0.2, 0.25) is 0 Å². The van der Waals surface area contributed by atoms with E-state index >= 15 is 0 Å². The number of aromatic nitrogens is 2. The molecule has 0 aliphatic heterocycles. The van der Waals surface area contributed by atoms with Gasteiger partial charge in [-0.1, -0.05) is 0 Å². The lowest BCUT2D eigenvalue weighted by atomic mass is 10.1. The first-order chi connectivity index (χ1) is 8.29. The number of nitrogens with one attached hydrogen (secondary N) is 1. The van der Waals surface area contributed by atoms with Gasteiger partial charge >= 0.3 is 0 Å². The molecule has 0 radical (unpaired) electrons. The number of anilines is 2. The van der Waals surface area contributed by atoms with E-state index in [1.807, 2.05) is 23.0 Å². The largest absolute Gasteiger partial charge is 0.399 e. The van der Waals surface area contributed by atoms with E-state index in [-0.39, 0.29) is 0 Å². The quantitative estimate of drug-likeness (QED) is 0.775. The minimum Gasteiger partial charge on any atom is -0.399 e. The van der Waals surface area contributed by atoms with Gasteiger partial charge in [0, 0.05) is 24.6 Å². The van der Waals surface area contributed by atoms with Crippen LogP contribution in [0.5, 0.6) is 0 Å². The lowest BCUT2D eigenvalue weighted by molar-refractivity contribution is 0.638. The summed E-state index contributed by atoms with van der Waals surface area (Å²) < 4.78 is 1.83. The molecule has 2 rings (SSSR count). The Balaban J connectivity index is 1.97. The second-order valence-corrected chi connectivity index (χ2v) is 3.61. The highest BCUT2D eigenvalue weighted by molar-refractivity contribution is 5.62. The molecule has 1 heterocycles. The van der Waals surface area contributed by atoms with Gasteiger partial charge in [0.1, 0.15) is 6.07 Å². The van der Waals surface area contributed by atoms with Crippen LogP contribution in [0.25, 0.3) is 0 Å². The number of nitriles is 1. The van der Waals surface area contributed by atoms with Gasteiger partial charge < -0.3 is 11.1 Å². The summed E-state index contributed by atoms with van der Waals surface area (Å²) in [7, 11) is 0. The minimum atomic E-state index is 0.561. The third-order valence-electron chi connectivity index (χ3n) is 2.38. The number of nitrogens with two attached hydrogens (primary N) is 1. The maximum Gasteiger partial charge on any atom is 0.101 e. The Bertz CT molecular complexity index is 524. The van der Waals surface area contributed by atoms with Gasteiger partial charge in [-0.25, -0.2) is 0 Å². The topological polar surface area (TPSA) is 79.7 Å². The number of hydrogen-bond acceptors (Lipinski definition) is 4. The fourth-order valence-electron chi connectivity index (χ4n) is 1.55. The number of nitrogens with zero attached hydrogens (tertiary/aromatic N) is 3. The Labute approximate surface area is 99.5 Å². The van der Waals surface area contributed by atoms with E-state index < -0.39 is 0 Å². The lowest BCUT2D eigenvalue weighted by Crippen LogP contribution is -2.11. The molecule has 0 unspecified atom stereocenters. The molecule has 86 valence electrons. The van der Waals surface area contributed by atoms with E-state index in [0.717, 1.165) is 12.2 Å². The predicted octanol–water partition coefficient (Wildman–Crippen LogP) is 1.45. The highest BCUT2D eigenvalue weighted by Gasteiger charge is 2.01. The molecule has 0 saturated carbocycles. The molecule has 2 aromatic rings. The molecule has 0 fully saturated rings. The van der Waals surface area contributed by atoms with Gasteiger partial charge in [-0.3, -0.25) is 4.68 Å². The second kappa shape index (κ2) is 5.03. The number of benzene rings is 1. The summed E-state index contributed by atoms with van der Waals surface area (Å²) in [5.74, 6) is 0. The van der Waals surface area contributed by atoms with Gasteiger partial charge in [0.05, 0.1) is 17.8 Å². The van der Waals surface area contributed by atoms with Crippen LogP contribution < -0.4 is 11.1 Å². The molecule has 0 aliphatic rings. The molecule has 0 saturated heterocycles. The maximum absolute atomic E-state index is 8.96. The minimum absolute atomic E-state index is 0.561. The molecule has 1 aromatic carbocycles. The van der Waals surface area contributed by atoms with Gasteiger partial charge in [-0.15, -0.1) is 0 Å². The molecule has 0 amide bonds. The Morgan fingerprint density at radius 1 is 1.47 bits per heavy atom. The van der Waals surface area contributed by atoms with E-state index in [4.69, 9.17) is 11.0 Å². The van der Waals surface area contributed by atoms with Crippen LogP contribution in [0.15, 0.2) is 36.7 Å². The van der Waals surface area contributed by atoms with Gasteiger partial charge in [-0.2, -0.15) is 10.4 Å². The van der Waals surface area contributed by atoms with Crippen molar-refractivity contribution < 1.29 is 0 Å². The fraction of sp³-hybridized carbons (Fsp3) is 0.167. The SMILES string of the molecule is N#Cc1cc(N)ccc1NCCn1cccn1. The molecule has 5 heteroatoms. The smallest absolute Gasteiger partial charge is 0.101 e. The van der Waals surface area contributed by atoms with Crippen LogP contribution in [0.1, 0.15) is 5.56 Å². The van der Waals surface area contributed by atoms with E-state index in [1.165, 1.54) is 0 Å². The number of rotatable bonds is 4. The van der Waals surface area contributed by atoms with E-state index in [0.29, 0.717) is 17.8 Å². The van der Waals surface area contributed by atoms with Crippen molar-refractivity contribution in [1.29, 1.82) is 5.26 Å². The first-order valence-corrected chi connectivity index (χ1v) is 5.30. The van der Waals surface area contributed by atoms with Crippen molar-refractivity contribution in [2.24, 2.45) is 0 Å². The normalized spacial score (nSPS) is 9.82. The van der Waals surface area contributed by atoms with Gasteiger partial charge in [0.2, 0.25) is 0 Å². The van der Waals surface area contributed by atoms with Gasteiger partial charge in [0.15, 0.2) is 0 Å². The molecule has 3 N–H and O–H groups in total. The summed E-state index contributed by atoms with van der Waals surface area (Å²) in [5.41, 5.74) is 7.57. The summed E-state index contributed by atoms with van der Waals surface area (Å²) in [6.07, 6.45) is 3.64. The third kappa shape index (κ3) is 2.75. The van der Waals surface area contributed by atoms with Gasteiger partial charge in [0.25, 0.3) is 0 Å². The first kappa shape index (κ1) is 11.0.